The average molecular weight is 382 g/mol. The topological polar surface area (TPSA) is 59.8 Å². The summed E-state index contributed by atoms with van der Waals surface area (Å²) in [5, 5.41) is 13.5. The number of carbonyl (C=O) groups is 1. The van der Waals surface area contributed by atoms with Crippen molar-refractivity contribution < 1.29 is 4.79 Å². The number of hydrogen-bond donors (Lipinski definition) is 1. The lowest BCUT2D eigenvalue weighted by atomic mass is 10.0. The Morgan fingerprint density at radius 2 is 1.55 bits per heavy atom. The second-order valence-corrected chi connectivity index (χ2v) is 6.90. The normalized spacial score (nSPS) is 11.6. The average Bonchev–Trinajstić information content (AvgIpc) is 3.09. The van der Waals surface area contributed by atoms with E-state index in [0.717, 1.165) is 21.9 Å². The van der Waals surface area contributed by atoms with E-state index in [1.165, 1.54) is 0 Å². The summed E-state index contributed by atoms with van der Waals surface area (Å²) < 4.78 is 1.79. The minimum atomic E-state index is -0.173. The Labute approximate surface area is 169 Å². The van der Waals surface area contributed by atoms with E-state index in [-0.39, 0.29) is 5.91 Å². The van der Waals surface area contributed by atoms with Gasteiger partial charge in [0, 0.05) is 6.54 Å². The van der Waals surface area contributed by atoms with Gasteiger partial charge in [-0.15, -0.1) is 10.2 Å². The van der Waals surface area contributed by atoms with Gasteiger partial charge in [0.15, 0.2) is 0 Å². The molecule has 0 aliphatic heterocycles. The number of fused-ring (bicyclic) bond motifs is 1. The number of nitrogens with zero attached hydrogens (tertiary/aromatic N) is 3. The molecule has 0 fully saturated rings. The standard InChI is InChI=1S/C24H22N4O/c1-17-26-27-18(2)28(17)23(24(29)25-16-19-9-4-3-5-10-19)15-21-13-8-12-20-11-6-7-14-22(20)21/h3-15H,16H2,1-2H3,(H,25,29)/b23-15-. The molecule has 0 aliphatic carbocycles. The van der Waals surface area contributed by atoms with E-state index in [0.29, 0.717) is 23.9 Å². The Morgan fingerprint density at radius 3 is 2.31 bits per heavy atom. The fourth-order valence-corrected chi connectivity index (χ4v) is 3.44. The lowest BCUT2D eigenvalue weighted by Gasteiger charge is -2.13. The fraction of sp³-hybridized carbons (Fsp3) is 0.125. The largest absolute Gasteiger partial charge is 0.347 e. The van der Waals surface area contributed by atoms with Crippen molar-refractivity contribution in [2.24, 2.45) is 0 Å². The van der Waals surface area contributed by atoms with Crippen molar-refractivity contribution in [3.8, 4) is 0 Å². The molecule has 1 heterocycles. The van der Waals surface area contributed by atoms with Crippen LogP contribution in [0.25, 0.3) is 22.5 Å². The highest BCUT2D eigenvalue weighted by Crippen LogP contribution is 2.23. The highest BCUT2D eigenvalue weighted by atomic mass is 16.2. The molecule has 0 bridgehead atoms. The minimum Gasteiger partial charge on any atom is -0.347 e. The number of aromatic nitrogens is 3. The second-order valence-electron chi connectivity index (χ2n) is 6.90. The summed E-state index contributed by atoms with van der Waals surface area (Å²) >= 11 is 0. The number of rotatable bonds is 5. The van der Waals surface area contributed by atoms with Gasteiger partial charge in [-0.1, -0.05) is 72.8 Å². The van der Waals surface area contributed by atoms with Crippen molar-refractivity contribution in [2.75, 3.05) is 0 Å². The number of aryl methyl sites for hydroxylation is 2. The Bertz CT molecular complexity index is 1170. The molecule has 5 heteroatoms. The van der Waals surface area contributed by atoms with Gasteiger partial charge in [-0.3, -0.25) is 9.36 Å². The second kappa shape index (κ2) is 8.10. The molecule has 3 aromatic carbocycles. The zero-order chi connectivity index (χ0) is 20.2. The lowest BCUT2D eigenvalue weighted by molar-refractivity contribution is -0.116. The molecule has 1 amide bonds. The lowest BCUT2D eigenvalue weighted by Crippen LogP contribution is -2.27. The van der Waals surface area contributed by atoms with Crippen LogP contribution in [0.5, 0.6) is 0 Å². The van der Waals surface area contributed by atoms with Gasteiger partial charge in [0.25, 0.3) is 5.91 Å². The van der Waals surface area contributed by atoms with Crippen LogP contribution >= 0.6 is 0 Å². The van der Waals surface area contributed by atoms with Crippen molar-refractivity contribution in [3.63, 3.8) is 0 Å². The third kappa shape index (κ3) is 3.94. The molecule has 4 rings (SSSR count). The molecule has 0 spiro atoms. The quantitative estimate of drug-likeness (QED) is 0.522. The predicted molar refractivity (Wildman–Crippen MR) is 116 cm³/mol. The molecule has 0 unspecified atom stereocenters. The summed E-state index contributed by atoms with van der Waals surface area (Å²) in [5.41, 5.74) is 2.51. The van der Waals surface area contributed by atoms with Crippen molar-refractivity contribution in [1.29, 1.82) is 0 Å². The first-order valence-corrected chi connectivity index (χ1v) is 9.54. The molecule has 0 aliphatic rings. The molecule has 0 atom stereocenters. The van der Waals surface area contributed by atoms with E-state index < -0.39 is 0 Å². The molecule has 1 N–H and O–H groups in total. The van der Waals surface area contributed by atoms with Gasteiger partial charge in [0.05, 0.1) is 0 Å². The molecule has 0 saturated carbocycles. The molecule has 29 heavy (non-hydrogen) atoms. The van der Waals surface area contributed by atoms with Crippen LogP contribution in [0.2, 0.25) is 0 Å². The van der Waals surface area contributed by atoms with Gasteiger partial charge in [0.2, 0.25) is 0 Å². The van der Waals surface area contributed by atoms with Crippen LogP contribution in [0.15, 0.2) is 72.8 Å². The van der Waals surface area contributed by atoms with Gasteiger partial charge in [-0.25, -0.2) is 0 Å². The first-order chi connectivity index (χ1) is 14.1. The zero-order valence-corrected chi connectivity index (χ0v) is 16.5. The predicted octanol–water partition coefficient (Wildman–Crippen LogP) is 4.36. The number of benzene rings is 3. The maximum Gasteiger partial charge on any atom is 0.268 e. The monoisotopic (exact) mass is 382 g/mol. The van der Waals surface area contributed by atoms with Crippen LogP contribution in [-0.4, -0.2) is 20.7 Å². The third-order valence-corrected chi connectivity index (χ3v) is 4.87. The smallest absolute Gasteiger partial charge is 0.268 e. The molecule has 4 aromatic rings. The molecule has 0 saturated heterocycles. The van der Waals surface area contributed by atoms with Gasteiger partial charge < -0.3 is 5.32 Å². The Morgan fingerprint density at radius 1 is 0.897 bits per heavy atom. The maximum atomic E-state index is 13.2. The van der Waals surface area contributed by atoms with Gasteiger partial charge >= 0.3 is 0 Å². The van der Waals surface area contributed by atoms with Crippen LogP contribution in [0.1, 0.15) is 22.8 Å². The summed E-state index contributed by atoms with van der Waals surface area (Å²) in [6.07, 6.45) is 1.91. The molecule has 0 radical (unpaired) electrons. The minimum absolute atomic E-state index is 0.173. The fourth-order valence-electron chi connectivity index (χ4n) is 3.44. The highest BCUT2D eigenvalue weighted by Gasteiger charge is 2.17. The summed E-state index contributed by atoms with van der Waals surface area (Å²) in [6.45, 7) is 4.15. The molecule has 144 valence electrons. The van der Waals surface area contributed by atoms with Crippen molar-refractivity contribution in [2.45, 2.75) is 20.4 Å². The van der Waals surface area contributed by atoms with Crippen LogP contribution in [0.3, 0.4) is 0 Å². The highest BCUT2D eigenvalue weighted by molar-refractivity contribution is 6.19. The SMILES string of the molecule is Cc1nnc(C)n1/C(=C\c1cccc2ccccc12)C(=O)NCc1ccccc1. The first kappa shape index (κ1) is 18.6. The van der Waals surface area contributed by atoms with E-state index in [1.807, 2.05) is 74.5 Å². The van der Waals surface area contributed by atoms with Gasteiger partial charge in [0.1, 0.15) is 17.3 Å². The summed E-state index contributed by atoms with van der Waals surface area (Å²) in [7, 11) is 0. The summed E-state index contributed by atoms with van der Waals surface area (Å²) in [5.74, 6) is 1.17. The Kier molecular flexibility index (Phi) is 5.20. The Balaban J connectivity index is 1.76. The van der Waals surface area contributed by atoms with E-state index >= 15 is 0 Å². The van der Waals surface area contributed by atoms with Crippen LogP contribution < -0.4 is 5.32 Å². The first-order valence-electron chi connectivity index (χ1n) is 9.54. The van der Waals surface area contributed by atoms with Crippen LogP contribution in [-0.2, 0) is 11.3 Å². The molecular formula is C24H22N4O. The summed E-state index contributed by atoms with van der Waals surface area (Å²) in [4.78, 5) is 13.2. The van der Waals surface area contributed by atoms with Crippen molar-refractivity contribution in [1.82, 2.24) is 20.1 Å². The van der Waals surface area contributed by atoms with Crippen molar-refractivity contribution in [3.05, 3.63) is 95.6 Å². The van der Waals surface area contributed by atoms with E-state index in [4.69, 9.17) is 0 Å². The number of hydrogen-bond acceptors (Lipinski definition) is 3. The van der Waals surface area contributed by atoms with Crippen LogP contribution in [0.4, 0.5) is 0 Å². The van der Waals surface area contributed by atoms with Gasteiger partial charge in [-0.05, 0) is 41.8 Å². The van der Waals surface area contributed by atoms with Gasteiger partial charge in [-0.2, -0.15) is 0 Å². The number of nitrogens with one attached hydrogen (secondary N) is 1. The van der Waals surface area contributed by atoms with Crippen molar-refractivity contribution >= 4 is 28.5 Å². The van der Waals surface area contributed by atoms with Crippen LogP contribution in [0, 0.1) is 13.8 Å². The van der Waals surface area contributed by atoms with E-state index in [1.54, 1.807) is 4.57 Å². The molecule has 5 nitrogen and oxygen atoms in total. The zero-order valence-electron chi connectivity index (χ0n) is 16.5. The maximum absolute atomic E-state index is 13.2. The molecular weight excluding hydrogens is 360 g/mol. The molecule has 1 aromatic heterocycles. The summed E-state index contributed by atoms with van der Waals surface area (Å²) in [6, 6.07) is 24.1. The van der Waals surface area contributed by atoms with E-state index in [2.05, 4.69) is 33.7 Å². The Hall–Kier alpha value is -3.73. The number of carbonyl (C=O) groups excluding carboxylic acids is 1. The number of amides is 1. The van der Waals surface area contributed by atoms with E-state index in [9.17, 15) is 4.79 Å². The third-order valence-electron chi connectivity index (χ3n) is 4.87.